The average Bonchev–Trinajstić information content (AvgIpc) is 2.68. The zero-order valence-corrected chi connectivity index (χ0v) is 15.8. The molecule has 0 saturated carbocycles. The molecule has 1 heterocycles. The molecule has 2 aromatic rings. The summed E-state index contributed by atoms with van der Waals surface area (Å²) >= 11 is 0. The van der Waals surface area contributed by atoms with E-state index in [2.05, 4.69) is 19.2 Å². The molecule has 1 fully saturated rings. The van der Waals surface area contributed by atoms with Crippen molar-refractivity contribution in [1.29, 1.82) is 0 Å². The Morgan fingerprint density at radius 3 is 2.37 bits per heavy atom. The summed E-state index contributed by atoms with van der Waals surface area (Å²) in [5.41, 5.74) is 1.94. The van der Waals surface area contributed by atoms with Crippen LogP contribution in [-0.4, -0.2) is 36.0 Å². The highest BCUT2D eigenvalue weighted by atomic mass is 16.5. The van der Waals surface area contributed by atoms with E-state index < -0.39 is 12.1 Å². The van der Waals surface area contributed by atoms with Gasteiger partial charge in [-0.15, -0.1) is 0 Å². The number of nitrogens with zero attached hydrogens (tertiary/aromatic N) is 1. The van der Waals surface area contributed by atoms with E-state index in [1.54, 1.807) is 0 Å². The first-order chi connectivity index (χ1) is 13.0. The average molecular weight is 366 g/mol. The molecule has 3 rings (SSSR count). The maximum atomic E-state index is 13.4. The Morgan fingerprint density at radius 1 is 1.11 bits per heavy atom. The zero-order chi connectivity index (χ0) is 19.2. The van der Waals surface area contributed by atoms with Crippen LogP contribution >= 0.6 is 0 Å². The molecule has 142 valence electrons. The summed E-state index contributed by atoms with van der Waals surface area (Å²) in [6.07, 6.45) is -0.729. The first kappa shape index (κ1) is 19.1. The Bertz CT molecular complexity index is 762. The van der Waals surface area contributed by atoms with Gasteiger partial charge in [0.05, 0.1) is 6.04 Å². The van der Waals surface area contributed by atoms with Gasteiger partial charge in [0, 0.05) is 13.1 Å². The minimum Gasteiger partial charge on any atom is -0.356 e. The number of hydrogen-bond donors (Lipinski definition) is 1. The number of carbonyl (C=O) groups excluding carboxylic acids is 2. The summed E-state index contributed by atoms with van der Waals surface area (Å²) in [7, 11) is 0. The highest BCUT2D eigenvalue weighted by Crippen LogP contribution is 2.25. The largest absolute Gasteiger partial charge is 0.356 e. The third-order valence-electron chi connectivity index (χ3n) is 4.53. The van der Waals surface area contributed by atoms with Crippen LogP contribution in [0.15, 0.2) is 60.7 Å². The molecule has 5 heteroatoms. The Labute approximate surface area is 160 Å². The molecule has 2 amide bonds. The Balaban J connectivity index is 1.84. The van der Waals surface area contributed by atoms with Gasteiger partial charge in [0.15, 0.2) is 6.10 Å². The predicted octanol–water partition coefficient (Wildman–Crippen LogP) is 2.93. The second kappa shape index (κ2) is 8.82. The van der Waals surface area contributed by atoms with Gasteiger partial charge in [-0.2, -0.15) is 0 Å². The molecule has 0 unspecified atom stereocenters. The molecule has 1 aliphatic heterocycles. The highest BCUT2D eigenvalue weighted by molar-refractivity contribution is 5.86. The number of hydrogen-bond acceptors (Lipinski definition) is 3. The van der Waals surface area contributed by atoms with Gasteiger partial charge in [-0.25, -0.2) is 0 Å². The molecular formula is C22H26N2O3. The molecule has 5 nitrogen and oxygen atoms in total. The van der Waals surface area contributed by atoms with E-state index in [1.807, 2.05) is 65.6 Å². The molecule has 2 aromatic carbocycles. The maximum absolute atomic E-state index is 13.4. The van der Waals surface area contributed by atoms with Crippen LogP contribution in [0.25, 0.3) is 0 Å². The van der Waals surface area contributed by atoms with E-state index in [0.717, 1.165) is 11.1 Å². The van der Waals surface area contributed by atoms with Gasteiger partial charge in [0.1, 0.15) is 6.61 Å². The molecule has 27 heavy (non-hydrogen) atoms. The molecule has 2 atom stereocenters. The van der Waals surface area contributed by atoms with Crippen molar-refractivity contribution in [3.8, 4) is 0 Å². The normalized spacial score (nSPS) is 19.6. The Hall–Kier alpha value is -2.66. The summed E-state index contributed by atoms with van der Waals surface area (Å²) in [6.45, 7) is 5.23. The number of benzene rings is 2. The molecule has 0 radical (unpaired) electrons. The van der Waals surface area contributed by atoms with Crippen molar-refractivity contribution in [3.63, 3.8) is 0 Å². The second-order valence-electron chi connectivity index (χ2n) is 7.29. The molecule has 1 saturated heterocycles. The summed E-state index contributed by atoms with van der Waals surface area (Å²) in [5.74, 6) is 0.0267. The number of amides is 2. The van der Waals surface area contributed by atoms with Gasteiger partial charge in [-0.1, -0.05) is 74.5 Å². The molecule has 0 spiro atoms. The minimum absolute atomic E-state index is 0.0959. The first-order valence-electron chi connectivity index (χ1n) is 9.33. The fraction of sp³-hybridized carbons (Fsp3) is 0.364. The second-order valence-corrected chi connectivity index (χ2v) is 7.29. The van der Waals surface area contributed by atoms with E-state index in [9.17, 15) is 9.59 Å². The number of morpholine rings is 1. The number of nitrogens with one attached hydrogen (secondary N) is 1. The van der Waals surface area contributed by atoms with Gasteiger partial charge in [-0.3, -0.25) is 9.59 Å². The van der Waals surface area contributed by atoms with Gasteiger partial charge in [-0.05, 0) is 17.0 Å². The lowest BCUT2D eigenvalue weighted by Gasteiger charge is -2.36. The van der Waals surface area contributed by atoms with E-state index in [0.29, 0.717) is 19.0 Å². The topological polar surface area (TPSA) is 58.6 Å². The van der Waals surface area contributed by atoms with Gasteiger partial charge in [0.2, 0.25) is 5.91 Å². The van der Waals surface area contributed by atoms with E-state index >= 15 is 0 Å². The van der Waals surface area contributed by atoms with Gasteiger partial charge < -0.3 is 15.0 Å². The van der Waals surface area contributed by atoms with Gasteiger partial charge in [0.25, 0.3) is 5.91 Å². The lowest BCUT2D eigenvalue weighted by Crippen LogP contribution is -2.53. The van der Waals surface area contributed by atoms with Crippen molar-refractivity contribution in [3.05, 3.63) is 71.8 Å². The summed E-state index contributed by atoms with van der Waals surface area (Å²) < 4.78 is 5.72. The minimum atomic E-state index is -0.729. The molecule has 1 N–H and O–H groups in total. The Morgan fingerprint density at radius 2 is 1.74 bits per heavy atom. The summed E-state index contributed by atoms with van der Waals surface area (Å²) in [4.78, 5) is 27.1. The number of carbonyl (C=O) groups is 2. The third kappa shape index (κ3) is 4.95. The fourth-order valence-corrected chi connectivity index (χ4v) is 3.34. The van der Waals surface area contributed by atoms with Crippen LogP contribution in [0, 0.1) is 5.92 Å². The van der Waals surface area contributed by atoms with Crippen LogP contribution in [0.4, 0.5) is 0 Å². The smallest absolute Gasteiger partial charge is 0.254 e. The number of rotatable bonds is 6. The highest BCUT2D eigenvalue weighted by Gasteiger charge is 2.38. The van der Waals surface area contributed by atoms with Crippen LogP contribution in [0.2, 0.25) is 0 Å². The van der Waals surface area contributed by atoms with Crippen molar-refractivity contribution in [1.82, 2.24) is 10.2 Å². The third-order valence-corrected chi connectivity index (χ3v) is 4.53. The number of ether oxygens (including phenoxy) is 1. The predicted molar refractivity (Wildman–Crippen MR) is 104 cm³/mol. The molecule has 0 bridgehead atoms. The van der Waals surface area contributed by atoms with E-state index in [-0.39, 0.29) is 18.4 Å². The van der Waals surface area contributed by atoms with Crippen LogP contribution in [0.1, 0.15) is 31.0 Å². The molecule has 0 aromatic heterocycles. The quantitative estimate of drug-likeness (QED) is 0.855. The summed E-state index contributed by atoms with van der Waals surface area (Å²) in [6, 6.07) is 19.0. The van der Waals surface area contributed by atoms with Crippen molar-refractivity contribution in [2.24, 2.45) is 5.92 Å². The maximum Gasteiger partial charge on any atom is 0.254 e. The van der Waals surface area contributed by atoms with E-state index in [1.165, 1.54) is 0 Å². The Kier molecular flexibility index (Phi) is 6.24. The van der Waals surface area contributed by atoms with Crippen molar-refractivity contribution in [2.75, 3.05) is 13.2 Å². The SMILES string of the molecule is CC(C)CN(Cc1ccccc1)C(=O)[C@H]1OCC(=O)N[C@@H]1c1ccccc1. The summed E-state index contributed by atoms with van der Waals surface area (Å²) in [5, 5.41) is 2.92. The lowest BCUT2D eigenvalue weighted by molar-refractivity contribution is -0.156. The molecule has 0 aliphatic carbocycles. The van der Waals surface area contributed by atoms with Crippen molar-refractivity contribution < 1.29 is 14.3 Å². The molecule has 1 aliphatic rings. The fourth-order valence-electron chi connectivity index (χ4n) is 3.34. The monoisotopic (exact) mass is 366 g/mol. The first-order valence-corrected chi connectivity index (χ1v) is 9.33. The van der Waals surface area contributed by atoms with Crippen LogP contribution in [-0.2, 0) is 20.9 Å². The lowest BCUT2D eigenvalue weighted by atomic mass is 9.98. The van der Waals surface area contributed by atoms with Gasteiger partial charge >= 0.3 is 0 Å². The van der Waals surface area contributed by atoms with Crippen LogP contribution < -0.4 is 5.32 Å². The van der Waals surface area contributed by atoms with E-state index in [4.69, 9.17) is 4.74 Å². The van der Waals surface area contributed by atoms with Crippen LogP contribution in [0.3, 0.4) is 0 Å². The van der Waals surface area contributed by atoms with Crippen LogP contribution in [0.5, 0.6) is 0 Å². The zero-order valence-electron chi connectivity index (χ0n) is 15.8. The standard InChI is InChI=1S/C22H26N2O3/c1-16(2)13-24(14-17-9-5-3-6-10-17)22(26)21-20(23-19(25)15-27-21)18-11-7-4-8-12-18/h3-12,16,20-21H,13-15H2,1-2H3,(H,23,25)/t20-,21+/m1/s1. The van der Waals surface area contributed by atoms with Crippen molar-refractivity contribution in [2.45, 2.75) is 32.5 Å². The molecular weight excluding hydrogens is 340 g/mol. The van der Waals surface area contributed by atoms with Crippen molar-refractivity contribution >= 4 is 11.8 Å².